The molecule has 110 valence electrons. The van der Waals surface area contributed by atoms with E-state index in [2.05, 4.69) is 24.4 Å². The molecule has 2 aromatic rings. The molecule has 0 aliphatic carbocycles. The van der Waals surface area contributed by atoms with Crippen LogP contribution < -0.4 is 10.1 Å². The van der Waals surface area contributed by atoms with Crippen LogP contribution in [0, 0.1) is 0 Å². The number of hydrogen-bond donors (Lipinski definition) is 2. The molecule has 1 heterocycles. The Morgan fingerprint density at radius 3 is 2.67 bits per heavy atom. The molecule has 0 spiro atoms. The highest BCUT2D eigenvalue weighted by atomic mass is 16.5. The number of benzene rings is 2. The molecule has 3 rings (SSSR count). The van der Waals surface area contributed by atoms with Crippen molar-refractivity contribution < 1.29 is 9.84 Å². The van der Waals surface area contributed by atoms with Gasteiger partial charge in [0.2, 0.25) is 0 Å². The van der Waals surface area contributed by atoms with Crippen LogP contribution in [0.25, 0.3) is 0 Å². The van der Waals surface area contributed by atoms with E-state index in [0.717, 1.165) is 30.7 Å². The minimum absolute atomic E-state index is 0.0230. The fraction of sp³-hybridized carbons (Fsp3) is 0.333. The number of hydrogen-bond acceptors (Lipinski definition) is 3. The van der Waals surface area contributed by atoms with Crippen molar-refractivity contribution in [2.75, 3.05) is 6.54 Å². The Labute approximate surface area is 125 Å². The second-order valence-electron chi connectivity index (χ2n) is 5.48. The van der Waals surface area contributed by atoms with Crippen molar-refractivity contribution in [2.45, 2.75) is 31.9 Å². The Balaban J connectivity index is 1.87. The third-order valence-corrected chi connectivity index (χ3v) is 3.92. The van der Waals surface area contributed by atoms with Crippen LogP contribution in [0.5, 0.6) is 11.5 Å². The summed E-state index contributed by atoms with van der Waals surface area (Å²) < 4.78 is 6.15. The molecule has 1 aliphatic rings. The Morgan fingerprint density at radius 2 is 1.90 bits per heavy atom. The lowest BCUT2D eigenvalue weighted by Gasteiger charge is -2.33. The number of phenols is 1. The molecule has 0 saturated carbocycles. The van der Waals surface area contributed by atoms with Crippen LogP contribution in [0.4, 0.5) is 0 Å². The van der Waals surface area contributed by atoms with Crippen molar-refractivity contribution in [2.24, 2.45) is 0 Å². The van der Waals surface area contributed by atoms with Crippen LogP contribution in [0.1, 0.15) is 43.0 Å². The molecule has 2 unspecified atom stereocenters. The molecular weight excluding hydrogens is 262 g/mol. The largest absolute Gasteiger partial charge is 0.508 e. The van der Waals surface area contributed by atoms with Crippen molar-refractivity contribution >= 4 is 0 Å². The summed E-state index contributed by atoms with van der Waals surface area (Å²) in [5.74, 6) is 1.24. The third-order valence-electron chi connectivity index (χ3n) is 3.92. The Bertz CT molecular complexity index is 594. The van der Waals surface area contributed by atoms with Crippen molar-refractivity contribution in [3.05, 3.63) is 59.7 Å². The van der Waals surface area contributed by atoms with Gasteiger partial charge in [-0.1, -0.05) is 37.3 Å². The monoisotopic (exact) mass is 283 g/mol. The van der Waals surface area contributed by atoms with Gasteiger partial charge in [0.15, 0.2) is 0 Å². The fourth-order valence-corrected chi connectivity index (χ4v) is 2.82. The number of ether oxygens (including phenoxy) is 1. The van der Waals surface area contributed by atoms with Gasteiger partial charge in [-0.3, -0.25) is 0 Å². The van der Waals surface area contributed by atoms with E-state index >= 15 is 0 Å². The normalized spacial score (nSPS) is 20.6. The van der Waals surface area contributed by atoms with Gasteiger partial charge in [-0.2, -0.15) is 0 Å². The van der Waals surface area contributed by atoms with Crippen LogP contribution >= 0.6 is 0 Å². The molecule has 2 aromatic carbocycles. The van der Waals surface area contributed by atoms with Gasteiger partial charge in [0.1, 0.15) is 17.6 Å². The summed E-state index contributed by atoms with van der Waals surface area (Å²) in [5.41, 5.74) is 2.34. The van der Waals surface area contributed by atoms with E-state index in [1.54, 1.807) is 12.1 Å². The maximum absolute atomic E-state index is 9.43. The Hall–Kier alpha value is -2.00. The molecule has 0 amide bonds. The number of phenolic OH excluding ortho intramolecular Hbond substituents is 1. The molecule has 0 fully saturated rings. The molecular formula is C18H21NO2. The van der Waals surface area contributed by atoms with Crippen molar-refractivity contribution in [3.8, 4) is 11.5 Å². The van der Waals surface area contributed by atoms with E-state index in [0.29, 0.717) is 6.04 Å². The lowest BCUT2D eigenvalue weighted by Crippen LogP contribution is -2.29. The van der Waals surface area contributed by atoms with Crippen LogP contribution in [-0.4, -0.2) is 11.7 Å². The number of para-hydroxylation sites is 1. The molecule has 0 radical (unpaired) electrons. The molecule has 21 heavy (non-hydrogen) atoms. The van der Waals surface area contributed by atoms with Gasteiger partial charge in [-0.15, -0.1) is 0 Å². The van der Waals surface area contributed by atoms with Crippen LogP contribution in [0.15, 0.2) is 48.5 Å². The van der Waals surface area contributed by atoms with Gasteiger partial charge in [-0.05, 0) is 36.7 Å². The summed E-state index contributed by atoms with van der Waals surface area (Å²) in [4.78, 5) is 0. The predicted molar refractivity (Wildman–Crippen MR) is 83.6 cm³/mol. The summed E-state index contributed by atoms with van der Waals surface area (Å²) in [7, 11) is 0. The average Bonchev–Trinajstić information content (AvgIpc) is 2.53. The number of nitrogens with one attached hydrogen (secondary N) is 1. The van der Waals surface area contributed by atoms with Gasteiger partial charge in [0, 0.05) is 18.0 Å². The summed E-state index contributed by atoms with van der Waals surface area (Å²) in [6.07, 6.45) is 2.04. The summed E-state index contributed by atoms with van der Waals surface area (Å²) >= 11 is 0. The maximum atomic E-state index is 9.43. The average molecular weight is 283 g/mol. The molecule has 2 atom stereocenters. The van der Waals surface area contributed by atoms with Crippen molar-refractivity contribution in [1.82, 2.24) is 5.32 Å². The van der Waals surface area contributed by atoms with Crippen LogP contribution in [0.2, 0.25) is 0 Å². The summed E-state index contributed by atoms with van der Waals surface area (Å²) in [6, 6.07) is 15.8. The fourth-order valence-electron chi connectivity index (χ4n) is 2.82. The van der Waals surface area contributed by atoms with Crippen LogP contribution in [-0.2, 0) is 0 Å². The van der Waals surface area contributed by atoms with Crippen molar-refractivity contribution in [1.29, 1.82) is 0 Å². The van der Waals surface area contributed by atoms with E-state index in [1.807, 2.05) is 24.3 Å². The first-order valence-corrected chi connectivity index (χ1v) is 7.56. The minimum atomic E-state index is 0.0230. The highest BCUT2D eigenvalue weighted by Gasteiger charge is 2.28. The molecule has 3 nitrogen and oxygen atoms in total. The number of aromatic hydroxyl groups is 1. The first kappa shape index (κ1) is 14.0. The van der Waals surface area contributed by atoms with Gasteiger partial charge in [0.05, 0.1) is 0 Å². The van der Waals surface area contributed by atoms with Gasteiger partial charge >= 0.3 is 0 Å². The molecule has 2 N–H and O–H groups in total. The van der Waals surface area contributed by atoms with Crippen LogP contribution in [0.3, 0.4) is 0 Å². The third kappa shape index (κ3) is 3.03. The standard InChI is InChI=1S/C18H21NO2/c1-2-11-19-16-12-18(13-7-9-14(20)10-8-13)21-17-6-4-3-5-15(16)17/h3-10,16,18-20H,2,11-12H2,1H3. The second kappa shape index (κ2) is 6.19. The summed E-state index contributed by atoms with van der Waals surface area (Å²) in [5, 5.41) is 13.0. The first-order valence-electron chi connectivity index (χ1n) is 7.56. The van der Waals surface area contributed by atoms with Gasteiger partial charge in [0.25, 0.3) is 0 Å². The lowest BCUT2D eigenvalue weighted by molar-refractivity contribution is 0.151. The molecule has 3 heteroatoms. The van der Waals surface area contributed by atoms with Crippen molar-refractivity contribution in [3.63, 3.8) is 0 Å². The van der Waals surface area contributed by atoms with E-state index in [4.69, 9.17) is 4.74 Å². The minimum Gasteiger partial charge on any atom is -0.508 e. The van der Waals surface area contributed by atoms with E-state index in [-0.39, 0.29) is 11.9 Å². The molecule has 0 saturated heterocycles. The van der Waals surface area contributed by atoms with E-state index < -0.39 is 0 Å². The number of rotatable bonds is 4. The van der Waals surface area contributed by atoms with E-state index in [9.17, 15) is 5.11 Å². The zero-order valence-corrected chi connectivity index (χ0v) is 12.3. The van der Waals surface area contributed by atoms with Gasteiger partial charge < -0.3 is 15.2 Å². The quantitative estimate of drug-likeness (QED) is 0.892. The first-order chi connectivity index (χ1) is 10.3. The Kier molecular flexibility index (Phi) is 4.11. The smallest absolute Gasteiger partial charge is 0.126 e. The zero-order chi connectivity index (χ0) is 14.7. The SMILES string of the molecule is CCCNC1CC(c2ccc(O)cc2)Oc2ccccc21. The second-order valence-corrected chi connectivity index (χ2v) is 5.48. The number of fused-ring (bicyclic) bond motifs is 1. The van der Waals surface area contributed by atoms with Gasteiger partial charge in [-0.25, -0.2) is 0 Å². The molecule has 0 bridgehead atoms. The zero-order valence-electron chi connectivity index (χ0n) is 12.3. The maximum Gasteiger partial charge on any atom is 0.126 e. The lowest BCUT2D eigenvalue weighted by atomic mass is 9.93. The molecule has 1 aliphatic heterocycles. The summed E-state index contributed by atoms with van der Waals surface area (Å²) in [6.45, 7) is 3.18. The highest BCUT2D eigenvalue weighted by Crippen LogP contribution is 2.40. The Morgan fingerprint density at radius 1 is 1.14 bits per heavy atom. The van der Waals surface area contributed by atoms with E-state index in [1.165, 1.54) is 5.56 Å². The predicted octanol–water partition coefficient (Wildman–Crippen LogP) is 3.96. The highest BCUT2D eigenvalue weighted by molar-refractivity contribution is 5.39. The molecule has 0 aromatic heterocycles. The topological polar surface area (TPSA) is 41.5 Å².